The number of benzene rings is 1. The van der Waals surface area contributed by atoms with E-state index in [-0.39, 0.29) is 18.2 Å². The SMILES string of the molecule is C[C@@H]1CN(S(=O)(=O)N[C@H](C)c2ccc([S@](C)=O)cc2)C[C@@H](C)O1. The van der Waals surface area contributed by atoms with Gasteiger partial charge in [-0.25, -0.2) is 0 Å². The molecular weight excluding hydrogens is 336 g/mol. The summed E-state index contributed by atoms with van der Waals surface area (Å²) in [7, 11) is -4.62. The molecule has 1 aromatic carbocycles. The van der Waals surface area contributed by atoms with E-state index in [9.17, 15) is 12.6 Å². The summed E-state index contributed by atoms with van der Waals surface area (Å²) in [5.74, 6) is 0. The number of rotatable bonds is 5. The van der Waals surface area contributed by atoms with E-state index in [1.807, 2.05) is 13.8 Å². The van der Waals surface area contributed by atoms with Crippen LogP contribution in [0.15, 0.2) is 29.2 Å². The summed E-state index contributed by atoms with van der Waals surface area (Å²) in [5.41, 5.74) is 0.831. The van der Waals surface area contributed by atoms with E-state index in [2.05, 4.69) is 4.72 Å². The molecule has 0 aromatic heterocycles. The molecule has 0 aliphatic carbocycles. The Hall–Kier alpha value is -0.800. The maximum Gasteiger partial charge on any atom is 0.280 e. The first-order valence-electron chi connectivity index (χ1n) is 7.55. The second-order valence-corrected chi connectivity index (χ2v) is 9.02. The van der Waals surface area contributed by atoms with E-state index in [4.69, 9.17) is 4.74 Å². The molecule has 2 rings (SSSR count). The number of hydrogen-bond acceptors (Lipinski definition) is 4. The maximum atomic E-state index is 12.5. The van der Waals surface area contributed by atoms with Gasteiger partial charge in [0.15, 0.2) is 0 Å². The van der Waals surface area contributed by atoms with Gasteiger partial charge >= 0.3 is 0 Å². The summed E-state index contributed by atoms with van der Waals surface area (Å²) in [4.78, 5) is 0.722. The van der Waals surface area contributed by atoms with E-state index < -0.39 is 21.0 Å². The Bertz CT molecular complexity index is 651. The summed E-state index contributed by atoms with van der Waals surface area (Å²) in [6.07, 6.45) is 1.37. The highest BCUT2D eigenvalue weighted by molar-refractivity contribution is 7.87. The highest BCUT2D eigenvalue weighted by Gasteiger charge is 2.31. The molecule has 8 heteroatoms. The quantitative estimate of drug-likeness (QED) is 0.862. The van der Waals surface area contributed by atoms with Gasteiger partial charge in [-0.3, -0.25) is 4.21 Å². The molecule has 4 atom stereocenters. The van der Waals surface area contributed by atoms with Gasteiger partial charge in [0.25, 0.3) is 10.2 Å². The fourth-order valence-corrected chi connectivity index (χ4v) is 4.70. The summed E-state index contributed by atoms with van der Waals surface area (Å²) >= 11 is 0. The van der Waals surface area contributed by atoms with Crippen molar-refractivity contribution >= 4 is 21.0 Å². The topological polar surface area (TPSA) is 75.7 Å². The lowest BCUT2D eigenvalue weighted by atomic mass is 10.1. The molecule has 0 spiro atoms. The molecule has 1 heterocycles. The average Bonchev–Trinajstić information content (AvgIpc) is 2.46. The van der Waals surface area contributed by atoms with Crippen molar-refractivity contribution in [1.82, 2.24) is 9.03 Å². The minimum absolute atomic E-state index is 0.121. The Morgan fingerprint density at radius 2 is 1.74 bits per heavy atom. The van der Waals surface area contributed by atoms with E-state index >= 15 is 0 Å². The second-order valence-electron chi connectivity index (χ2n) is 5.94. The highest BCUT2D eigenvalue weighted by Crippen LogP contribution is 2.19. The van der Waals surface area contributed by atoms with Crippen molar-refractivity contribution in [3.63, 3.8) is 0 Å². The Kier molecular flexibility index (Phi) is 5.96. The van der Waals surface area contributed by atoms with Crippen LogP contribution in [0, 0.1) is 0 Å². The first-order chi connectivity index (χ1) is 10.7. The molecule has 0 radical (unpaired) electrons. The van der Waals surface area contributed by atoms with Gasteiger partial charge in [-0.05, 0) is 38.5 Å². The third-order valence-corrected chi connectivity index (χ3v) is 6.33. The van der Waals surface area contributed by atoms with Crippen molar-refractivity contribution in [2.75, 3.05) is 19.3 Å². The van der Waals surface area contributed by atoms with Gasteiger partial charge in [0.05, 0.1) is 12.2 Å². The Morgan fingerprint density at radius 3 is 2.22 bits per heavy atom. The van der Waals surface area contributed by atoms with Crippen molar-refractivity contribution in [2.24, 2.45) is 0 Å². The predicted octanol–water partition coefficient (Wildman–Crippen LogP) is 1.43. The molecule has 6 nitrogen and oxygen atoms in total. The minimum Gasteiger partial charge on any atom is -0.373 e. The van der Waals surface area contributed by atoms with Crippen LogP contribution in [0.2, 0.25) is 0 Å². The molecule has 130 valence electrons. The van der Waals surface area contributed by atoms with Crippen LogP contribution in [0.1, 0.15) is 32.4 Å². The van der Waals surface area contributed by atoms with Crippen molar-refractivity contribution in [3.05, 3.63) is 29.8 Å². The molecule has 1 aliphatic rings. The third kappa shape index (κ3) is 4.84. The fraction of sp³-hybridized carbons (Fsp3) is 0.600. The number of nitrogens with one attached hydrogen (secondary N) is 1. The lowest BCUT2D eigenvalue weighted by molar-refractivity contribution is -0.0444. The zero-order valence-electron chi connectivity index (χ0n) is 13.9. The highest BCUT2D eigenvalue weighted by atomic mass is 32.2. The molecule has 1 aliphatic heterocycles. The Labute approximate surface area is 140 Å². The first kappa shape index (κ1) is 18.5. The molecule has 0 unspecified atom stereocenters. The van der Waals surface area contributed by atoms with Crippen LogP contribution >= 0.6 is 0 Å². The molecule has 0 amide bonds. The lowest BCUT2D eigenvalue weighted by Gasteiger charge is -2.35. The summed E-state index contributed by atoms with van der Waals surface area (Å²) in [5, 5.41) is 0. The third-order valence-electron chi connectivity index (χ3n) is 3.76. The molecule has 23 heavy (non-hydrogen) atoms. The van der Waals surface area contributed by atoms with E-state index in [1.165, 1.54) is 4.31 Å². The summed E-state index contributed by atoms with van der Waals surface area (Å²) in [6, 6.07) is 6.75. The van der Waals surface area contributed by atoms with Gasteiger partial charge in [0, 0.05) is 41.1 Å². The van der Waals surface area contributed by atoms with Crippen molar-refractivity contribution in [2.45, 2.75) is 43.9 Å². The van der Waals surface area contributed by atoms with Crippen molar-refractivity contribution in [3.8, 4) is 0 Å². The zero-order valence-corrected chi connectivity index (χ0v) is 15.5. The van der Waals surface area contributed by atoms with Gasteiger partial charge < -0.3 is 4.74 Å². The smallest absolute Gasteiger partial charge is 0.280 e. The maximum absolute atomic E-state index is 12.5. The molecule has 1 N–H and O–H groups in total. The molecule has 1 aromatic rings. The first-order valence-corrected chi connectivity index (χ1v) is 10.5. The normalized spacial score (nSPS) is 25.9. The van der Waals surface area contributed by atoms with Crippen molar-refractivity contribution in [1.29, 1.82) is 0 Å². The van der Waals surface area contributed by atoms with Crippen LogP contribution in [0.5, 0.6) is 0 Å². The largest absolute Gasteiger partial charge is 0.373 e. The summed E-state index contributed by atoms with van der Waals surface area (Å²) < 4.78 is 46.2. The minimum atomic E-state index is -3.58. The van der Waals surface area contributed by atoms with E-state index in [1.54, 1.807) is 37.4 Å². The van der Waals surface area contributed by atoms with E-state index in [0.29, 0.717) is 13.1 Å². The van der Waals surface area contributed by atoms with Gasteiger partial charge in [-0.15, -0.1) is 0 Å². The Morgan fingerprint density at radius 1 is 1.22 bits per heavy atom. The Balaban J connectivity index is 2.08. The molecule has 0 bridgehead atoms. The molecule has 1 saturated heterocycles. The van der Waals surface area contributed by atoms with Crippen LogP contribution in [-0.4, -0.2) is 48.5 Å². The lowest BCUT2D eigenvalue weighted by Crippen LogP contribution is -2.52. The van der Waals surface area contributed by atoms with Gasteiger partial charge in [-0.1, -0.05) is 12.1 Å². The van der Waals surface area contributed by atoms with E-state index in [0.717, 1.165) is 10.5 Å². The summed E-state index contributed by atoms with van der Waals surface area (Å²) in [6.45, 7) is 6.22. The number of hydrogen-bond donors (Lipinski definition) is 1. The number of nitrogens with zero attached hydrogens (tertiary/aromatic N) is 1. The van der Waals surface area contributed by atoms with Gasteiger partial charge in [-0.2, -0.15) is 17.4 Å². The fourth-order valence-electron chi connectivity index (χ4n) is 2.64. The average molecular weight is 361 g/mol. The molecule has 1 fully saturated rings. The van der Waals surface area contributed by atoms with Crippen LogP contribution in [0.4, 0.5) is 0 Å². The van der Waals surface area contributed by atoms with Crippen LogP contribution in [0.25, 0.3) is 0 Å². The predicted molar refractivity (Wildman–Crippen MR) is 90.8 cm³/mol. The van der Waals surface area contributed by atoms with Crippen LogP contribution in [-0.2, 0) is 25.7 Å². The van der Waals surface area contributed by atoms with Gasteiger partial charge in [0.2, 0.25) is 0 Å². The monoisotopic (exact) mass is 360 g/mol. The number of ether oxygens (including phenoxy) is 1. The van der Waals surface area contributed by atoms with Gasteiger partial charge in [0.1, 0.15) is 0 Å². The van der Waals surface area contributed by atoms with Crippen LogP contribution in [0.3, 0.4) is 0 Å². The van der Waals surface area contributed by atoms with Crippen molar-refractivity contribution < 1.29 is 17.4 Å². The molecular formula is C15H24N2O4S2. The van der Waals surface area contributed by atoms with Crippen LogP contribution < -0.4 is 4.72 Å². The molecule has 0 saturated carbocycles. The zero-order chi connectivity index (χ0) is 17.2. The second kappa shape index (κ2) is 7.40. The standard InChI is InChI=1S/C15H24N2O4S2/c1-11-9-17(10-12(2)21-11)23(19,20)16-13(3)14-5-7-15(8-6-14)22(4)18/h5-8,11-13,16H,9-10H2,1-4H3/t11-,12-,13-,22+/m1/s1. The number of morpholine rings is 1.